The maximum absolute atomic E-state index is 12.8. The summed E-state index contributed by atoms with van der Waals surface area (Å²) in [6.45, 7) is 3.97. The highest BCUT2D eigenvalue weighted by atomic mass is 35.5. The third-order valence-electron chi connectivity index (χ3n) is 5.24. The number of anilines is 1. The quantitative estimate of drug-likeness (QED) is 0.498. The Bertz CT molecular complexity index is 1090. The number of hydrogen-bond acceptors (Lipinski definition) is 4. The topological polar surface area (TPSA) is 38.8 Å². The van der Waals surface area contributed by atoms with Crippen molar-refractivity contribution in [2.45, 2.75) is 25.6 Å². The molecule has 0 bridgehead atoms. The molecule has 0 saturated carbocycles. The van der Waals surface area contributed by atoms with E-state index < -0.39 is 5.60 Å². The summed E-state index contributed by atoms with van der Waals surface area (Å²) in [7, 11) is 3.88. The van der Waals surface area contributed by atoms with Crippen molar-refractivity contribution in [2.24, 2.45) is 0 Å². The van der Waals surface area contributed by atoms with Gasteiger partial charge in [0.15, 0.2) is 5.60 Å². The Hall–Kier alpha value is -2.98. The van der Waals surface area contributed by atoms with E-state index in [1.807, 2.05) is 93.5 Å². The SMILES string of the molecule is CC(C)Oc1ccc(C2(c3ccc(N(C)C)c(Cl)c3)OC(=O)c3ccccc32)cc1. The number of rotatable bonds is 5. The van der Waals surface area contributed by atoms with E-state index in [1.165, 1.54) is 0 Å². The van der Waals surface area contributed by atoms with Gasteiger partial charge in [-0.1, -0.05) is 48.0 Å². The lowest BCUT2D eigenvalue weighted by molar-refractivity contribution is 0.0251. The van der Waals surface area contributed by atoms with E-state index in [4.69, 9.17) is 21.1 Å². The lowest BCUT2D eigenvalue weighted by atomic mass is 9.80. The van der Waals surface area contributed by atoms with Crippen molar-refractivity contribution in [2.75, 3.05) is 19.0 Å². The highest BCUT2D eigenvalue weighted by Crippen LogP contribution is 2.48. The molecule has 0 N–H and O–H groups in total. The van der Waals surface area contributed by atoms with Crippen LogP contribution in [0.5, 0.6) is 5.75 Å². The van der Waals surface area contributed by atoms with Crippen molar-refractivity contribution >= 4 is 23.3 Å². The molecule has 1 atom stereocenters. The van der Waals surface area contributed by atoms with Gasteiger partial charge in [-0.05, 0) is 44.2 Å². The van der Waals surface area contributed by atoms with Gasteiger partial charge in [-0.25, -0.2) is 4.79 Å². The van der Waals surface area contributed by atoms with Gasteiger partial charge in [0, 0.05) is 30.8 Å². The van der Waals surface area contributed by atoms with Gasteiger partial charge in [-0.2, -0.15) is 0 Å². The summed E-state index contributed by atoms with van der Waals surface area (Å²) >= 11 is 6.60. The third-order valence-corrected chi connectivity index (χ3v) is 5.54. The highest BCUT2D eigenvalue weighted by molar-refractivity contribution is 6.33. The Kier molecular flexibility index (Phi) is 5.20. The molecule has 0 amide bonds. The predicted molar refractivity (Wildman–Crippen MR) is 120 cm³/mol. The minimum absolute atomic E-state index is 0.0761. The third kappa shape index (κ3) is 3.31. The zero-order valence-corrected chi connectivity index (χ0v) is 18.2. The summed E-state index contributed by atoms with van der Waals surface area (Å²) in [4.78, 5) is 14.8. The maximum Gasteiger partial charge on any atom is 0.340 e. The van der Waals surface area contributed by atoms with Crippen LogP contribution in [0.25, 0.3) is 0 Å². The van der Waals surface area contributed by atoms with Gasteiger partial charge >= 0.3 is 5.97 Å². The van der Waals surface area contributed by atoms with Crippen molar-refractivity contribution in [3.05, 3.63) is 94.0 Å². The Balaban J connectivity index is 1.92. The molecule has 3 aromatic rings. The minimum atomic E-state index is -1.07. The van der Waals surface area contributed by atoms with E-state index in [2.05, 4.69) is 0 Å². The lowest BCUT2D eigenvalue weighted by Crippen LogP contribution is -2.29. The maximum atomic E-state index is 12.8. The molecule has 0 radical (unpaired) electrons. The number of halogens is 1. The van der Waals surface area contributed by atoms with Crippen LogP contribution in [0.15, 0.2) is 66.7 Å². The fourth-order valence-electron chi connectivity index (χ4n) is 3.94. The Morgan fingerprint density at radius 2 is 1.63 bits per heavy atom. The molecule has 1 aliphatic heterocycles. The van der Waals surface area contributed by atoms with E-state index in [0.29, 0.717) is 10.6 Å². The summed E-state index contributed by atoms with van der Waals surface area (Å²) in [5.41, 5.74) is 2.83. The molecule has 5 heteroatoms. The van der Waals surface area contributed by atoms with Gasteiger partial charge in [0.05, 0.1) is 22.4 Å². The second-order valence-electron chi connectivity index (χ2n) is 7.87. The van der Waals surface area contributed by atoms with Crippen LogP contribution >= 0.6 is 11.6 Å². The lowest BCUT2D eigenvalue weighted by Gasteiger charge is -2.31. The Morgan fingerprint density at radius 1 is 0.967 bits per heavy atom. The molecule has 154 valence electrons. The number of carbonyl (C=O) groups is 1. The molecule has 0 fully saturated rings. The Morgan fingerprint density at radius 3 is 2.27 bits per heavy atom. The molecule has 0 saturated heterocycles. The number of benzene rings is 3. The molecule has 4 nitrogen and oxygen atoms in total. The molecule has 4 rings (SSSR count). The van der Waals surface area contributed by atoms with Crippen molar-refractivity contribution in [1.29, 1.82) is 0 Å². The summed E-state index contributed by atoms with van der Waals surface area (Å²) in [6.07, 6.45) is 0.0761. The number of nitrogens with zero attached hydrogens (tertiary/aromatic N) is 1. The summed E-state index contributed by atoms with van der Waals surface area (Å²) in [5.74, 6) is 0.420. The molecule has 0 aromatic heterocycles. The zero-order valence-electron chi connectivity index (χ0n) is 17.5. The van der Waals surface area contributed by atoms with Crippen molar-refractivity contribution in [3.63, 3.8) is 0 Å². The highest BCUT2D eigenvalue weighted by Gasteiger charge is 2.48. The van der Waals surface area contributed by atoms with Gasteiger partial charge in [-0.3, -0.25) is 0 Å². The van der Waals surface area contributed by atoms with Gasteiger partial charge in [-0.15, -0.1) is 0 Å². The second kappa shape index (κ2) is 7.69. The second-order valence-corrected chi connectivity index (χ2v) is 8.28. The normalized spacial score (nSPS) is 17.6. The van der Waals surface area contributed by atoms with Crippen LogP contribution in [-0.2, 0) is 10.3 Å². The van der Waals surface area contributed by atoms with Crippen molar-refractivity contribution in [3.8, 4) is 5.75 Å². The molecule has 1 aliphatic rings. The number of esters is 1. The van der Waals surface area contributed by atoms with Crippen LogP contribution in [0.4, 0.5) is 5.69 Å². The summed E-state index contributed by atoms with van der Waals surface area (Å²) in [6, 6.07) is 21.0. The van der Waals surface area contributed by atoms with Gasteiger partial charge < -0.3 is 14.4 Å². The van der Waals surface area contributed by atoms with Crippen LogP contribution < -0.4 is 9.64 Å². The first kappa shape index (κ1) is 20.3. The molecular weight excluding hydrogens is 398 g/mol. The first-order valence-corrected chi connectivity index (χ1v) is 10.3. The summed E-state index contributed by atoms with van der Waals surface area (Å²) < 4.78 is 11.9. The van der Waals surface area contributed by atoms with Crippen molar-refractivity contribution in [1.82, 2.24) is 0 Å². The molecule has 3 aromatic carbocycles. The van der Waals surface area contributed by atoms with Crippen LogP contribution in [0, 0.1) is 0 Å². The smallest absolute Gasteiger partial charge is 0.340 e. The predicted octanol–water partition coefficient (Wildman–Crippen LogP) is 5.66. The van der Waals surface area contributed by atoms with Crippen molar-refractivity contribution < 1.29 is 14.3 Å². The average Bonchev–Trinajstić information content (AvgIpc) is 3.02. The Labute approximate surface area is 182 Å². The molecule has 1 heterocycles. The van der Waals surface area contributed by atoms with E-state index >= 15 is 0 Å². The standard InChI is InChI=1S/C25H24ClNO3/c1-16(2)29-19-12-9-17(10-13-19)25(18-11-14-23(27(3)4)22(26)15-18)21-8-6-5-7-20(21)24(28)30-25/h5-16H,1-4H3. The molecular formula is C25H24ClNO3. The van der Waals surface area contributed by atoms with Crippen LogP contribution in [0.1, 0.15) is 40.9 Å². The zero-order chi connectivity index (χ0) is 21.5. The van der Waals surface area contributed by atoms with Gasteiger partial charge in [0.1, 0.15) is 5.75 Å². The van der Waals surface area contributed by atoms with E-state index in [-0.39, 0.29) is 12.1 Å². The molecule has 0 aliphatic carbocycles. The molecule has 1 unspecified atom stereocenters. The number of cyclic esters (lactones) is 1. The van der Waals surface area contributed by atoms with Crippen LogP contribution in [-0.4, -0.2) is 26.2 Å². The minimum Gasteiger partial charge on any atom is -0.491 e. The van der Waals surface area contributed by atoms with Crippen LogP contribution in [0.3, 0.4) is 0 Å². The summed E-state index contributed by atoms with van der Waals surface area (Å²) in [5, 5.41) is 0.595. The van der Waals surface area contributed by atoms with Gasteiger partial charge in [0.2, 0.25) is 0 Å². The first-order valence-electron chi connectivity index (χ1n) is 9.90. The van der Waals surface area contributed by atoms with Gasteiger partial charge in [0.25, 0.3) is 0 Å². The fraction of sp³-hybridized carbons (Fsp3) is 0.240. The van der Waals surface area contributed by atoms with E-state index in [1.54, 1.807) is 6.07 Å². The number of hydrogen-bond donors (Lipinski definition) is 0. The average molecular weight is 422 g/mol. The van der Waals surface area contributed by atoms with E-state index in [0.717, 1.165) is 28.1 Å². The molecule has 30 heavy (non-hydrogen) atoms. The monoisotopic (exact) mass is 421 g/mol. The number of ether oxygens (including phenoxy) is 2. The molecule has 0 spiro atoms. The fourth-order valence-corrected chi connectivity index (χ4v) is 4.29. The van der Waals surface area contributed by atoms with Crippen LogP contribution in [0.2, 0.25) is 5.02 Å². The number of fused-ring (bicyclic) bond motifs is 1. The first-order chi connectivity index (χ1) is 14.3. The number of carbonyl (C=O) groups excluding carboxylic acids is 1. The van der Waals surface area contributed by atoms with E-state index in [9.17, 15) is 4.79 Å². The largest absolute Gasteiger partial charge is 0.491 e.